The first-order valence-electron chi connectivity index (χ1n) is 8.52. The summed E-state index contributed by atoms with van der Waals surface area (Å²) >= 11 is 5.14. The Morgan fingerprint density at radius 1 is 1.19 bits per heavy atom. The molecule has 136 valence electrons. The van der Waals surface area contributed by atoms with Crippen LogP contribution in [0.5, 0.6) is 11.5 Å². The minimum atomic E-state index is 0.0262. The molecule has 0 unspecified atom stereocenters. The van der Waals surface area contributed by atoms with Crippen molar-refractivity contribution < 1.29 is 9.47 Å². The molecule has 1 aliphatic carbocycles. The van der Waals surface area contributed by atoms with Gasteiger partial charge in [0.2, 0.25) is 0 Å². The van der Waals surface area contributed by atoms with Crippen LogP contribution in [0.4, 0.5) is 0 Å². The number of fused-ring (bicyclic) bond motifs is 3. The Labute approximate surface area is 163 Å². The third-order valence-corrected chi connectivity index (χ3v) is 6.66. The fraction of sp³-hybridized carbons (Fsp3) is 0.368. The molecule has 5 nitrogen and oxygen atoms in total. The highest BCUT2D eigenvalue weighted by atomic mass is 79.9. The molecule has 0 saturated carbocycles. The first-order valence-corrected chi connectivity index (χ1v) is 10.1. The number of rotatable bonds is 4. The fourth-order valence-electron chi connectivity index (χ4n) is 3.52. The molecule has 0 radical (unpaired) electrons. The van der Waals surface area contributed by atoms with Crippen molar-refractivity contribution in [1.82, 2.24) is 9.55 Å². The smallest absolute Gasteiger partial charge is 0.262 e. The second-order valence-corrected chi connectivity index (χ2v) is 8.31. The Kier molecular flexibility index (Phi) is 4.75. The van der Waals surface area contributed by atoms with Crippen molar-refractivity contribution >= 4 is 37.5 Å². The highest BCUT2D eigenvalue weighted by Gasteiger charge is 2.20. The van der Waals surface area contributed by atoms with E-state index < -0.39 is 0 Å². The van der Waals surface area contributed by atoms with Gasteiger partial charge in [-0.3, -0.25) is 9.36 Å². The molecule has 4 rings (SSSR count). The molecule has 0 N–H and O–H groups in total. The van der Waals surface area contributed by atoms with Gasteiger partial charge in [0.15, 0.2) is 0 Å². The first-order chi connectivity index (χ1) is 12.6. The Morgan fingerprint density at radius 3 is 2.73 bits per heavy atom. The highest BCUT2D eigenvalue weighted by molar-refractivity contribution is 9.10. The van der Waals surface area contributed by atoms with E-state index in [4.69, 9.17) is 9.47 Å². The van der Waals surface area contributed by atoms with Gasteiger partial charge in [-0.25, -0.2) is 4.98 Å². The van der Waals surface area contributed by atoms with E-state index in [1.54, 1.807) is 36.5 Å². The maximum Gasteiger partial charge on any atom is 0.262 e. The van der Waals surface area contributed by atoms with E-state index in [0.717, 1.165) is 39.5 Å². The monoisotopic (exact) mass is 434 g/mol. The minimum Gasteiger partial charge on any atom is -0.496 e. The van der Waals surface area contributed by atoms with Gasteiger partial charge in [-0.1, -0.05) is 0 Å². The summed E-state index contributed by atoms with van der Waals surface area (Å²) in [5.74, 6) is 1.41. The Bertz CT molecular complexity index is 1040. The predicted octanol–water partition coefficient (Wildman–Crippen LogP) is 4.16. The normalized spacial score (nSPS) is 13.7. The summed E-state index contributed by atoms with van der Waals surface area (Å²) < 4.78 is 13.3. The molecule has 0 bridgehead atoms. The first kappa shape index (κ1) is 17.5. The van der Waals surface area contributed by atoms with Crippen molar-refractivity contribution in [3.8, 4) is 11.5 Å². The quantitative estimate of drug-likeness (QED) is 0.618. The van der Waals surface area contributed by atoms with Gasteiger partial charge < -0.3 is 9.47 Å². The maximum absolute atomic E-state index is 13.1. The summed E-state index contributed by atoms with van der Waals surface area (Å²) in [4.78, 5) is 19.9. The fourth-order valence-corrected chi connectivity index (χ4v) is 5.23. The summed E-state index contributed by atoms with van der Waals surface area (Å²) in [5.41, 5.74) is 2.11. The van der Waals surface area contributed by atoms with Crippen LogP contribution in [0.25, 0.3) is 10.2 Å². The van der Waals surface area contributed by atoms with Crippen LogP contribution in [-0.4, -0.2) is 23.8 Å². The molecule has 7 heteroatoms. The summed E-state index contributed by atoms with van der Waals surface area (Å²) in [6, 6.07) is 3.75. The topological polar surface area (TPSA) is 53.4 Å². The molecular formula is C19H19BrN2O3S. The van der Waals surface area contributed by atoms with Crippen molar-refractivity contribution in [3.05, 3.63) is 49.3 Å². The summed E-state index contributed by atoms with van der Waals surface area (Å²) in [5, 5.41) is 0.801. The molecular weight excluding hydrogens is 416 g/mol. The molecule has 0 aliphatic heterocycles. The lowest BCUT2D eigenvalue weighted by atomic mass is 9.97. The standard InChI is InChI=1S/C19H19BrN2O3S/c1-24-14-8-13(20)15(25-2)7-11(14)9-22-10-21-18-17(19(22)23)12-5-3-4-6-16(12)26-18/h7-8,10H,3-6,9H2,1-2H3. The van der Waals surface area contributed by atoms with Crippen LogP contribution in [0.1, 0.15) is 28.8 Å². The highest BCUT2D eigenvalue weighted by Crippen LogP contribution is 2.35. The van der Waals surface area contributed by atoms with E-state index in [0.29, 0.717) is 18.0 Å². The van der Waals surface area contributed by atoms with Gasteiger partial charge in [-0.2, -0.15) is 0 Å². The number of ether oxygens (including phenoxy) is 2. The van der Waals surface area contributed by atoms with Crippen LogP contribution < -0.4 is 15.0 Å². The van der Waals surface area contributed by atoms with Crippen molar-refractivity contribution in [1.29, 1.82) is 0 Å². The summed E-state index contributed by atoms with van der Waals surface area (Å²) in [6.45, 7) is 0.388. The molecule has 0 saturated heterocycles. The number of aryl methyl sites for hydroxylation is 2. The Morgan fingerprint density at radius 2 is 1.96 bits per heavy atom. The number of hydrogen-bond donors (Lipinski definition) is 0. The van der Waals surface area contributed by atoms with E-state index in [1.165, 1.54) is 16.9 Å². The average molecular weight is 435 g/mol. The third kappa shape index (κ3) is 2.93. The predicted molar refractivity (Wildman–Crippen MR) is 107 cm³/mol. The molecule has 1 aromatic carbocycles. The van der Waals surface area contributed by atoms with Crippen molar-refractivity contribution in [2.24, 2.45) is 0 Å². The third-order valence-electron chi connectivity index (χ3n) is 4.84. The number of benzene rings is 1. The number of halogens is 1. The van der Waals surface area contributed by atoms with Crippen LogP contribution >= 0.6 is 27.3 Å². The Hall–Kier alpha value is -1.86. The zero-order valence-corrected chi connectivity index (χ0v) is 17.1. The van der Waals surface area contributed by atoms with Crippen LogP contribution in [-0.2, 0) is 19.4 Å². The largest absolute Gasteiger partial charge is 0.496 e. The zero-order valence-electron chi connectivity index (χ0n) is 14.7. The number of hydrogen-bond acceptors (Lipinski definition) is 5. The summed E-state index contributed by atoms with van der Waals surface area (Å²) in [7, 11) is 3.24. The Balaban J connectivity index is 1.81. The van der Waals surface area contributed by atoms with Gasteiger partial charge in [0.05, 0.1) is 37.0 Å². The van der Waals surface area contributed by atoms with Crippen LogP contribution in [0.2, 0.25) is 0 Å². The molecule has 26 heavy (non-hydrogen) atoms. The van der Waals surface area contributed by atoms with E-state index in [9.17, 15) is 4.79 Å². The van der Waals surface area contributed by atoms with Gasteiger partial charge in [-0.15, -0.1) is 11.3 Å². The minimum absolute atomic E-state index is 0.0262. The molecule has 3 aromatic rings. The number of aromatic nitrogens is 2. The van der Waals surface area contributed by atoms with Crippen LogP contribution in [0, 0.1) is 0 Å². The molecule has 2 heterocycles. The van der Waals surface area contributed by atoms with Crippen LogP contribution in [0.15, 0.2) is 27.7 Å². The van der Waals surface area contributed by atoms with Crippen molar-refractivity contribution in [2.45, 2.75) is 32.2 Å². The molecule has 2 aromatic heterocycles. The van der Waals surface area contributed by atoms with Gasteiger partial charge in [0.25, 0.3) is 5.56 Å². The lowest BCUT2D eigenvalue weighted by molar-refractivity contribution is 0.395. The summed E-state index contributed by atoms with van der Waals surface area (Å²) in [6.07, 6.45) is 6.02. The van der Waals surface area contributed by atoms with E-state index >= 15 is 0 Å². The molecule has 0 atom stereocenters. The van der Waals surface area contributed by atoms with Gasteiger partial charge in [0, 0.05) is 10.4 Å². The van der Waals surface area contributed by atoms with Gasteiger partial charge in [0.1, 0.15) is 16.3 Å². The maximum atomic E-state index is 13.1. The van der Waals surface area contributed by atoms with Crippen molar-refractivity contribution in [3.63, 3.8) is 0 Å². The number of methoxy groups -OCH3 is 2. The average Bonchev–Trinajstić information content (AvgIpc) is 3.04. The zero-order chi connectivity index (χ0) is 18.3. The lowest BCUT2D eigenvalue weighted by Gasteiger charge is -2.14. The number of nitrogens with zero attached hydrogens (tertiary/aromatic N) is 2. The van der Waals surface area contributed by atoms with E-state index in [-0.39, 0.29) is 5.56 Å². The SMILES string of the molecule is COc1cc(Cn2cnc3sc4c(c3c2=O)CCCC4)c(OC)cc1Br. The van der Waals surface area contributed by atoms with Gasteiger partial charge in [-0.05, 0) is 59.3 Å². The van der Waals surface area contributed by atoms with Gasteiger partial charge >= 0.3 is 0 Å². The number of thiophene rings is 1. The van der Waals surface area contributed by atoms with Crippen molar-refractivity contribution in [2.75, 3.05) is 14.2 Å². The van der Waals surface area contributed by atoms with E-state index in [2.05, 4.69) is 20.9 Å². The lowest BCUT2D eigenvalue weighted by Crippen LogP contribution is -2.22. The second-order valence-electron chi connectivity index (χ2n) is 6.37. The molecule has 1 aliphatic rings. The van der Waals surface area contributed by atoms with Crippen LogP contribution in [0.3, 0.4) is 0 Å². The molecule has 0 fully saturated rings. The second kappa shape index (κ2) is 7.04. The molecule has 0 amide bonds. The molecule has 0 spiro atoms. The van der Waals surface area contributed by atoms with E-state index in [1.807, 2.05) is 12.1 Å².